The summed E-state index contributed by atoms with van der Waals surface area (Å²) < 4.78 is 69.9. The molecule has 5 heteroatoms. The standard InChI is InChI=1S/C32H25F5/c1-3-4-5-6-21-7-11-23(12-8-21)24-15-20(2)26(29(34)17-24)13-9-22-10-14-27(28(33)16-22)25-18-30(35)32(37)31(36)19-25/h7-8,10-12,14-19H,3-6H2,1-2H3. The molecule has 0 saturated carbocycles. The monoisotopic (exact) mass is 504 g/mol. The average molecular weight is 505 g/mol. The first kappa shape index (κ1) is 26.2. The van der Waals surface area contributed by atoms with Gasteiger partial charge in [0, 0.05) is 11.1 Å². The van der Waals surface area contributed by atoms with E-state index in [1.165, 1.54) is 36.6 Å². The second-order valence-electron chi connectivity index (χ2n) is 9.00. The Kier molecular flexibility index (Phi) is 8.08. The van der Waals surface area contributed by atoms with Gasteiger partial charge in [-0.2, -0.15) is 0 Å². The predicted molar refractivity (Wildman–Crippen MR) is 137 cm³/mol. The highest BCUT2D eigenvalue weighted by Crippen LogP contribution is 2.28. The molecule has 0 bridgehead atoms. The Bertz CT molecular complexity index is 1440. The van der Waals surface area contributed by atoms with E-state index < -0.39 is 29.1 Å². The van der Waals surface area contributed by atoms with Crippen molar-refractivity contribution in [3.05, 3.63) is 118 Å². The lowest BCUT2D eigenvalue weighted by atomic mass is 9.97. The van der Waals surface area contributed by atoms with Gasteiger partial charge in [0.2, 0.25) is 0 Å². The third-order valence-electron chi connectivity index (χ3n) is 6.24. The molecule has 0 radical (unpaired) electrons. The number of hydrogen-bond acceptors (Lipinski definition) is 0. The quantitative estimate of drug-likeness (QED) is 0.106. The fraction of sp³-hybridized carbons (Fsp3) is 0.188. The van der Waals surface area contributed by atoms with Gasteiger partial charge in [0.05, 0.1) is 5.56 Å². The molecule has 0 heterocycles. The number of halogens is 5. The van der Waals surface area contributed by atoms with Crippen molar-refractivity contribution in [2.45, 2.75) is 39.5 Å². The van der Waals surface area contributed by atoms with Crippen LogP contribution in [0, 0.1) is 47.9 Å². The number of aryl methyl sites for hydroxylation is 2. The topological polar surface area (TPSA) is 0 Å². The molecule has 0 aromatic heterocycles. The molecule has 4 rings (SSSR count). The van der Waals surface area contributed by atoms with Crippen LogP contribution in [-0.2, 0) is 6.42 Å². The Morgan fingerprint density at radius 3 is 1.92 bits per heavy atom. The smallest absolute Gasteiger partial charge is 0.194 e. The third kappa shape index (κ3) is 6.09. The van der Waals surface area contributed by atoms with Crippen molar-refractivity contribution in [1.82, 2.24) is 0 Å². The lowest BCUT2D eigenvalue weighted by Crippen LogP contribution is -1.94. The van der Waals surface area contributed by atoms with Crippen molar-refractivity contribution >= 4 is 0 Å². The van der Waals surface area contributed by atoms with Gasteiger partial charge in [-0.05, 0) is 84.0 Å². The summed E-state index contributed by atoms with van der Waals surface area (Å²) >= 11 is 0. The fourth-order valence-corrected chi connectivity index (χ4v) is 4.18. The van der Waals surface area contributed by atoms with Crippen LogP contribution in [0.3, 0.4) is 0 Å². The van der Waals surface area contributed by atoms with E-state index in [9.17, 15) is 22.0 Å². The largest absolute Gasteiger partial charge is 0.206 e. The van der Waals surface area contributed by atoms with Gasteiger partial charge in [0.25, 0.3) is 0 Å². The lowest BCUT2D eigenvalue weighted by Gasteiger charge is -2.08. The summed E-state index contributed by atoms with van der Waals surface area (Å²) in [6.07, 6.45) is 4.53. The van der Waals surface area contributed by atoms with E-state index in [-0.39, 0.29) is 22.3 Å². The van der Waals surface area contributed by atoms with E-state index in [1.54, 1.807) is 6.92 Å². The molecule has 0 unspecified atom stereocenters. The van der Waals surface area contributed by atoms with Gasteiger partial charge in [-0.3, -0.25) is 0 Å². The second kappa shape index (κ2) is 11.4. The van der Waals surface area contributed by atoms with Crippen LogP contribution in [0.15, 0.2) is 66.7 Å². The second-order valence-corrected chi connectivity index (χ2v) is 9.00. The zero-order valence-electron chi connectivity index (χ0n) is 20.6. The van der Waals surface area contributed by atoms with Crippen LogP contribution in [0.5, 0.6) is 0 Å². The van der Waals surface area contributed by atoms with Gasteiger partial charge in [0.15, 0.2) is 17.5 Å². The summed E-state index contributed by atoms with van der Waals surface area (Å²) in [5.74, 6) is -0.190. The van der Waals surface area contributed by atoms with E-state index in [0.29, 0.717) is 5.56 Å². The van der Waals surface area contributed by atoms with Crippen LogP contribution in [0.2, 0.25) is 0 Å². The first-order valence-electron chi connectivity index (χ1n) is 12.1. The predicted octanol–water partition coefficient (Wildman–Crippen LogP) is 9.16. The van der Waals surface area contributed by atoms with Gasteiger partial charge in [-0.15, -0.1) is 0 Å². The van der Waals surface area contributed by atoms with E-state index in [0.717, 1.165) is 42.2 Å². The zero-order chi connectivity index (χ0) is 26.5. The fourth-order valence-electron chi connectivity index (χ4n) is 4.18. The highest BCUT2D eigenvalue weighted by Gasteiger charge is 2.14. The van der Waals surface area contributed by atoms with Crippen molar-refractivity contribution in [2.75, 3.05) is 0 Å². The van der Waals surface area contributed by atoms with E-state index in [1.807, 2.05) is 18.2 Å². The van der Waals surface area contributed by atoms with Gasteiger partial charge >= 0.3 is 0 Å². The molecule has 188 valence electrons. The van der Waals surface area contributed by atoms with Gasteiger partial charge in [-0.25, -0.2) is 22.0 Å². The zero-order valence-corrected chi connectivity index (χ0v) is 20.6. The summed E-state index contributed by atoms with van der Waals surface area (Å²) in [4.78, 5) is 0. The minimum absolute atomic E-state index is 0.105. The van der Waals surface area contributed by atoms with E-state index in [4.69, 9.17) is 0 Å². The normalized spacial score (nSPS) is 10.8. The van der Waals surface area contributed by atoms with Crippen LogP contribution < -0.4 is 0 Å². The molecule has 37 heavy (non-hydrogen) atoms. The summed E-state index contributed by atoms with van der Waals surface area (Å²) in [5, 5.41) is 0. The van der Waals surface area contributed by atoms with Crippen molar-refractivity contribution in [3.8, 4) is 34.1 Å². The molecule has 0 fully saturated rings. The highest BCUT2D eigenvalue weighted by molar-refractivity contribution is 5.68. The molecule has 4 aromatic rings. The average Bonchev–Trinajstić information content (AvgIpc) is 2.87. The van der Waals surface area contributed by atoms with Crippen LogP contribution in [0.4, 0.5) is 22.0 Å². The van der Waals surface area contributed by atoms with Gasteiger partial charge in [-0.1, -0.05) is 61.9 Å². The number of rotatable bonds is 6. The molecule has 0 spiro atoms. The van der Waals surface area contributed by atoms with Crippen molar-refractivity contribution in [2.24, 2.45) is 0 Å². The first-order valence-corrected chi connectivity index (χ1v) is 12.1. The molecule has 0 amide bonds. The molecular weight excluding hydrogens is 479 g/mol. The summed E-state index contributed by atoms with van der Waals surface area (Å²) in [5.41, 5.74) is 3.76. The third-order valence-corrected chi connectivity index (χ3v) is 6.24. The Morgan fingerprint density at radius 1 is 0.622 bits per heavy atom. The Hall–Kier alpha value is -3.91. The van der Waals surface area contributed by atoms with Crippen LogP contribution in [0.25, 0.3) is 22.3 Å². The minimum atomic E-state index is -1.62. The maximum atomic E-state index is 15.0. The highest BCUT2D eigenvalue weighted by atomic mass is 19.2. The molecule has 4 aromatic carbocycles. The van der Waals surface area contributed by atoms with Gasteiger partial charge in [0.1, 0.15) is 11.6 Å². The maximum Gasteiger partial charge on any atom is 0.194 e. The van der Waals surface area contributed by atoms with Crippen molar-refractivity contribution < 1.29 is 22.0 Å². The summed E-state index contributed by atoms with van der Waals surface area (Å²) in [6.45, 7) is 3.93. The molecule has 0 aliphatic carbocycles. The molecule has 0 atom stereocenters. The van der Waals surface area contributed by atoms with E-state index >= 15 is 0 Å². The first-order chi connectivity index (χ1) is 17.8. The summed E-state index contributed by atoms with van der Waals surface area (Å²) in [6, 6.07) is 16.7. The van der Waals surface area contributed by atoms with Crippen LogP contribution in [-0.4, -0.2) is 0 Å². The van der Waals surface area contributed by atoms with Crippen molar-refractivity contribution in [3.63, 3.8) is 0 Å². The maximum absolute atomic E-state index is 15.0. The Morgan fingerprint density at radius 2 is 1.30 bits per heavy atom. The molecule has 0 aliphatic rings. The van der Waals surface area contributed by atoms with E-state index in [2.05, 4.69) is 30.9 Å². The summed E-state index contributed by atoms with van der Waals surface area (Å²) in [7, 11) is 0. The van der Waals surface area contributed by atoms with Gasteiger partial charge < -0.3 is 0 Å². The number of hydrogen-bond donors (Lipinski definition) is 0. The molecule has 0 nitrogen and oxygen atoms in total. The molecule has 0 N–H and O–H groups in total. The Balaban J connectivity index is 1.56. The number of unbranched alkanes of at least 4 members (excludes halogenated alkanes) is 2. The van der Waals surface area contributed by atoms with Crippen LogP contribution >= 0.6 is 0 Å². The molecular formula is C32H25F5. The van der Waals surface area contributed by atoms with Crippen LogP contribution in [0.1, 0.15) is 48.4 Å². The molecule has 0 saturated heterocycles. The lowest BCUT2D eigenvalue weighted by molar-refractivity contribution is 0.447. The minimum Gasteiger partial charge on any atom is -0.206 e. The Labute approximate surface area is 213 Å². The molecule has 0 aliphatic heterocycles. The SMILES string of the molecule is CCCCCc1ccc(-c2cc(C)c(C#Cc3ccc(-c4cc(F)c(F)c(F)c4)c(F)c3)c(F)c2)cc1. The number of benzene rings is 4. The van der Waals surface area contributed by atoms with Crippen molar-refractivity contribution in [1.29, 1.82) is 0 Å².